The smallest absolute Gasteiger partial charge is 0.273 e. The van der Waals surface area contributed by atoms with Crippen molar-refractivity contribution < 1.29 is 19.2 Å². The lowest BCUT2D eigenvalue weighted by Crippen LogP contribution is -2.36. The normalized spacial score (nSPS) is 11.9. The minimum Gasteiger partial charge on any atom is -0.394 e. The van der Waals surface area contributed by atoms with E-state index in [-0.39, 0.29) is 12.2 Å². The van der Waals surface area contributed by atoms with Crippen LogP contribution in [0.5, 0.6) is 0 Å². The zero-order valence-electron chi connectivity index (χ0n) is 9.72. The highest BCUT2D eigenvalue weighted by Gasteiger charge is 2.16. The minimum atomic E-state index is -0.855. The van der Waals surface area contributed by atoms with Crippen LogP contribution in [0.3, 0.4) is 0 Å². The second-order valence-corrected chi connectivity index (χ2v) is 3.72. The number of amides is 1. The minimum absolute atomic E-state index is 0.145. The fraction of sp³-hybridized carbons (Fsp3) is 0.364. The van der Waals surface area contributed by atoms with Gasteiger partial charge < -0.3 is 10.4 Å². The average molecular weight is 256 g/mol. The van der Waals surface area contributed by atoms with Gasteiger partial charge in [-0.1, -0.05) is 6.92 Å². The molecule has 7 heteroatoms. The maximum absolute atomic E-state index is 13.1. The maximum atomic E-state index is 13.1. The molecule has 1 amide bonds. The molecule has 0 unspecified atom stereocenters. The number of nitrogens with one attached hydrogen (secondary N) is 1. The Labute approximate surface area is 103 Å². The highest BCUT2D eigenvalue weighted by atomic mass is 19.1. The van der Waals surface area contributed by atoms with Crippen LogP contribution in [-0.2, 0) is 0 Å². The van der Waals surface area contributed by atoms with Gasteiger partial charge in [0, 0.05) is 11.6 Å². The second-order valence-electron chi connectivity index (χ2n) is 3.72. The zero-order chi connectivity index (χ0) is 13.7. The zero-order valence-corrected chi connectivity index (χ0v) is 9.72. The van der Waals surface area contributed by atoms with Crippen molar-refractivity contribution >= 4 is 11.6 Å². The monoisotopic (exact) mass is 256 g/mol. The number of benzene rings is 1. The molecule has 18 heavy (non-hydrogen) atoms. The summed E-state index contributed by atoms with van der Waals surface area (Å²) in [4.78, 5) is 21.4. The molecule has 0 radical (unpaired) electrons. The fourth-order valence-electron chi connectivity index (χ4n) is 1.36. The van der Waals surface area contributed by atoms with Gasteiger partial charge in [0.1, 0.15) is 5.82 Å². The molecule has 0 saturated heterocycles. The molecular formula is C11H13FN2O4. The van der Waals surface area contributed by atoms with Crippen LogP contribution in [0.15, 0.2) is 18.2 Å². The van der Waals surface area contributed by atoms with Gasteiger partial charge in [-0.3, -0.25) is 14.9 Å². The largest absolute Gasteiger partial charge is 0.394 e. The van der Waals surface area contributed by atoms with E-state index in [1.54, 1.807) is 6.92 Å². The van der Waals surface area contributed by atoms with Crippen LogP contribution < -0.4 is 5.32 Å². The number of nitrogens with zero attached hydrogens (tertiary/aromatic N) is 1. The molecule has 1 aromatic rings. The van der Waals surface area contributed by atoms with Crippen LogP contribution in [0.25, 0.3) is 0 Å². The van der Waals surface area contributed by atoms with E-state index in [1.807, 2.05) is 0 Å². The first-order valence-electron chi connectivity index (χ1n) is 5.34. The predicted molar refractivity (Wildman–Crippen MR) is 61.7 cm³/mol. The molecule has 0 aliphatic carbocycles. The molecule has 6 nitrogen and oxygen atoms in total. The predicted octanol–water partition coefficient (Wildman–Crippen LogP) is 1.23. The summed E-state index contributed by atoms with van der Waals surface area (Å²) in [7, 11) is 0. The number of halogens is 1. The summed E-state index contributed by atoms with van der Waals surface area (Å²) in [5.74, 6) is -1.51. The van der Waals surface area contributed by atoms with E-state index in [1.165, 1.54) is 0 Å². The van der Waals surface area contributed by atoms with Crippen molar-refractivity contribution in [1.29, 1.82) is 0 Å². The number of carbonyl (C=O) groups is 1. The summed E-state index contributed by atoms with van der Waals surface area (Å²) in [5, 5.41) is 21.9. The first kappa shape index (κ1) is 14.0. The molecule has 1 rings (SSSR count). The van der Waals surface area contributed by atoms with E-state index in [4.69, 9.17) is 5.11 Å². The quantitative estimate of drug-likeness (QED) is 0.612. The molecule has 0 saturated carbocycles. The molecule has 0 heterocycles. The lowest BCUT2D eigenvalue weighted by atomic mass is 10.1. The van der Waals surface area contributed by atoms with E-state index in [2.05, 4.69) is 5.32 Å². The Morgan fingerprint density at radius 2 is 2.22 bits per heavy atom. The van der Waals surface area contributed by atoms with Gasteiger partial charge in [0.25, 0.3) is 11.6 Å². The molecule has 0 aliphatic rings. The Hall–Kier alpha value is -2.02. The van der Waals surface area contributed by atoms with Gasteiger partial charge in [0.2, 0.25) is 0 Å². The fourth-order valence-corrected chi connectivity index (χ4v) is 1.36. The number of nitro groups is 1. The van der Waals surface area contributed by atoms with E-state index in [0.29, 0.717) is 6.42 Å². The number of rotatable bonds is 5. The molecule has 1 atom stereocenters. The van der Waals surface area contributed by atoms with Gasteiger partial charge in [-0.05, 0) is 12.5 Å². The Morgan fingerprint density at radius 1 is 1.56 bits per heavy atom. The van der Waals surface area contributed by atoms with Crippen LogP contribution in [-0.4, -0.2) is 28.6 Å². The standard InChI is InChI=1S/C11H13FN2O4/c1-2-9(6-15)13-11(16)7-3-8(12)5-10(4-7)14(17)18/h3-5,9,15H,2,6H2,1H3,(H,13,16)/t9-/m0/s1. The topological polar surface area (TPSA) is 92.5 Å². The summed E-state index contributed by atoms with van der Waals surface area (Å²) >= 11 is 0. The Bertz CT molecular complexity index is 460. The number of aliphatic hydroxyl groups is 1. The van der Waals surface area contributed by atoms with Gasteiger partial charge in [0.15, 0.2) is 0 Å². The Balaban J connectivity index is 2.95. The third kappa shape index (κ3) is 3.49. The van der Waals surface area contributed by atoms with Crippen LogP contribution >= 0.6 is 0 Å². The van der Waals surface area contributed by atoms with Crippen molar-refractivity contribution in [3.63, 3.8) is 0 Å². The van der Waals surface area contributed by atoms with E-state index < -0.39 is 28.4 Å². The molecule has 0 bridgehead atoms. The molecule has 0 aliphatic heterocycles. The maximum Gasteiger partial charge on any atom is 0.273 e. The van der Waals surface area contributed by atoms with Crippen LogP contribution in [0.4, 0.5) is 10.1 Å². The Kier molecular flexibility index (Phi) is 4.73. The lowest BCUT2D eigenvalue weighted by molar-refractivity contribution is -0.385. The summed E-state index contributed by atoms with van der Waals surface area (Å²) in [6, 6.07) is 2.18. The summed E-state index contributed by atoms with van der Waals surface area (Å²) < 4.78 is 13.1. The van der Waals surface area contributed by atoms with Crippen molar-refractivity contribution in [2.75, 3.05) is 6.61 Å². The van der Waals surface area contributed by atoms with Gasteiger partial charge in [-0.15, -0.1) is 0 Å². The van der Waals surface area contributed by atoms with Gasteiger partial charge >= 0.3 is 0 Å². The lowest BCUT2D eigenvalue weighted by Gasteiger charge is -2.13. The van der Waals surface area contributed by atoms with Gasteiger partial charge in [-0.2, -0.15) is 0 Å². The van der Waals surface area contributed by atoms with Gasteiger partial charge in [-0.25, -0.2) is 4.39 Å². The van der Waals surface area contributed by atoms with Crippen molar-refractivity contribution in [2.24, 2.45) is 0 Å². The van der Waals surface area contributed by atoms with Crippen molar-refractivity contribution in [1.82, 2.24) is 5.32 Å². The molecule has 2 N–H and O–H groups in total. The first-order chi connectivity index (χ1) is 8.47. The summed E-state index contributed by atoms with van der Waals surface area (Å²) in [6.45, 7) is 1.51. The molecule has 0 aromatic heterocycles. The summed E-state index contributed by atoms with van der Waals surface area (Å²) in [5.41, 5.74) is -0.634. The van der Waals surface area contributed by atoms with Crippen molar-refractivity contribution in [3.8, 4) is 0 Å². The first-order valence-corrected chi connectivity index (χ1v) is 5.34. The molecule has 0 fully saturated rings. The number of non-ortho nitro benzene ring substituents is 1. The molecule has 98 valence electrons. The van der Waals surface area contributed by atoms with Gasteiger partial charge in [0.05, 0.1) is 23.6 Å². The SMILES string of the molecule is CC[C@@H](CO)NC(=O)c1cc(F)cc([N+](=O)[O-])c1. The molecule has 1 aromatic carbocycles. The highest BCUT2D eigenvalue weighted by Crippen LogP contribution is 2.16. The Morgan fingerprint density at radius 3 is 2.72 bits per heavy atom. The van der Waals surface area contributed by atoms with Crippen LogP contribution in [0, 0.1) is 15.9 Å². The number of carbonyl (C=O) groups excluding carboxylic acids is 1. The number of hydrogen-bond donors (Lipinski definition) is 2. The third-order valence-electron chi connectivity index (χ3n) is 2.40. The van der Waals surface area contributed by atoms with E-state index >= 15 is 0 Å². The van der Waals surface area contributed by atoms with E-state index in [0.717, 1.165) is 18.2 Å². The number of hydrogen-bond acceptors (Lipinski definition) is 4. The van der Waals surface area contributed by atoms with Crippen molar-refractivity contribution in [2.45, 2.75) is 19.4 Å². The molecule has 0 spiro atoms. The molecular weight excluding hydrogens is 243 g/mol. The second kappa shape index (κ2) is 6.06. The van der Waals surface area contributed by atoms with Crippen molar-refractivity contribution in [3.05, 3.63) is 39.7 Å². The number of nitro benzene ring substituents is 1. The third-order valence-corrected chi connectivity index (χ3v) is 2.40. The van der Waals surface area contributed by atoms with E-state index in [9.17, 15) is 19.3 Å². The van der Waals surface area contributed by atoms with Crippen LogP contribution in [0.2, 0.25) is 0 Å². The highest BCUT2D eigenvalue weighted by molar-refractivity contribution is 5.95. The number of aliphatic hydroxyl groups excluding tert-OH is 1. The van der Waals surface area contributed by atoms with Crippen LogP contribution in [0.1, 0.15) is 23.7 Å². The summed E-state index contributed by atoms with van der Waals surface area (Å²) in [6.07, 6.45) is 0.500. The average Bonchev–Trinajstić information content (AvgIpc) is 2.34.